The van der Waals surface area contributed by atoms with Gasteiger partial charge in [-0.05, 0) is 38.1 Å². The number of aromatic nitrogens is 3. The molecule has 0 unspecified atom stereocenters. The molecule has 1 fully saturated rings. The van der Waals surface area contributed by atoms with Gasteiger partial charge in [0.2, 0.25) is 21.8 Å². The van der Waals surface area contributed by atoms with E-state index >= 15 is 0 Å². The number of benzene rings is 1. The van der Waals surface area contributed by atoms with Gasteiger partial charge in [-0.3, -0.25) is 4.79 Å². The summed E-state index contributed by atoms with van der Waals surface area (Å²) in [6.07, 6.45) is 0. The van der Waals surface area contributed by atoms with E-state index in [2.05, 4.69) is 15.4 Å². The normalized spacial score (nSPS) is 15.3. The van der Waals surface area contributed by atoms with Crippen molar-refractivity contribution in [2.45, 2.75) is 24.0 Å². The Balaban J connectivity index is 1.31. The molecule has 0 N–H and O–H groups in total. The highest BCUT2D eigenvalue weighted by Gasteiger charge is 2.34. The van der Waals surface area contributed by atoms with Gasteiger partial charge >= 0.3 is 0 Å². The van der Waals surface area contributed by atoms with Crippen LogP contribution in [0.5, 0.6) is 0 Å². The molecule has 1 aromatic carbocycles. The largest absolute Gasteiger partial charge is 0.411 e. The maximum atomic E-state index is 12.9. The fourth-order valence-electron chi connectivity index (χ4n) is 3.34. The van der Waals surface area contributed by atoms with Crippen LogP contribution in [-0.2, 0) is 14.8 Å². The Hall–Kier alpha value is -2.41. The van der Waals surface area contributed by atoms with Crippen LogP contribution in [-0.4, -0.2) is 70.8 Å². The Kier molecular flexibility index (Phi) is 6.56. The van der Waals surface area contributed by atoms with Crippen molar-refractivity contribution in [1.82, 2.24) is 24.6 Å². The van der Waals surface area contributed by atoms with Gasteiger partial charge in [-0.25, -0.2) is 8.42 Å². The van der Waals surface area contributed by atoms with Crippen molar-refractivity contribution in [1.29, 1.82) is 0 Å². The number of piperazine rings is 1. The van der Waals surface area contributed by atoms with E-state index in [1.807, 2.05) is 0 Å². The van der Waals surface area contributed by atoms with Gasteiger partial charge in [0.05, 0.1) is 5.75 Å². The minimum atomic E-state index is -3.72. The van der Waals surface area contributed by atoms with Crippen LogP contribution in [0.25, 0.3) is 11.5 Å². The lowest BCUT2D eigenvalue weighted by Gasteiger charge is -2.33. The highest BCUT2D eigenvalue weighted by atomic mass is 35.5. The van der Waals surface area contributed by atoms with E-state index in [0.717, 1.165) is 17.3 Å². The smallest absolute Gasteiger partial charge is 0.277 e. The maximum Gasteiger partial charge on any atom is 0.277 e. The lowest BCUT2D eigenvalue weighted by Crippen LogP contribution is -2.51. The van der Waals surface area contributed by atoms with Crippen LogP contribution in [0.15, 0.2) is 43.3 Å². The van der Waals surface area contributed by atoms with Crippen molar-refractivity contribution in [2.75, 3.05) is 31.9 Å². The van der Waals surface area contributed by atoms with Gasteiger partial charge in [0.1, 0.15) is 10.6 Å². The van der Waals surface area contributed by atoms with Crippen LogP contribution in [0.3, 0.4) is 0 Å². The zero-order chi connectivity index (χ0) is 22.9. The number of thioether (sulfide) groups is 1. The monoisotopic (exact) mass is 497 g/mol. The second kappa shape index (κ2) is 9.22. The first-order valence-electron chi connectivity index (χ1n) is 9.69. The molecule has 3 aromatic rings. The molecule has 13 heteroatoms. The topological polar surface area (TPSA) is 123 Å². The molecule has 1 saturated heterocycles. The number of nitrogens with zero attached hydrogens (tertiary/aromatic N) is 5. The van der Waals surface area contributed by atoms with Crippen LogP contribution >= 0.6 is 23.4 Å². The number of amides is 1. The number of hydrogen-bond acceptors (Lipinski definition) is 9. The minimum absolute atomic E-state index is 0.0979. The summed E-state index contributed by atoms with van der Waals surface area (Å²) in [5.74, 6) is 0.583. The predicted octanol–water partition coefficient (Wildman–Crippen LogP) is 2.62. The quantitative estimate of drug-likeness (QED) is 0.472. The summed E-state index contributed by atoms with van der Waals surface area (Å²) in [7, 11) is -3.72. The molecule has 3 heterocycles. The number of carbonyl (C=O) groups excluding carboxylic acids is 1. The van der Waals surface area contributed by atoms with Gasteiger partial charge in [-0.15, -0.1) is 10.2 Å². The van der Waals surface area contributed by atoms with Gasteiger partial charge in [0.15, 0.2) is 5.76 Å². The van der Waals surface area contributed by atoms with Crippen LogP contribution in [0, 0.1) is 13.8 Å². The molecular weight excluding hydrogens is 478 g/mol. The summed E-state index contributed by atoms with van der Waals surface area (Å²) in [5.41, 5.74) is 1.06. The molecule has 0 saturated carbocycles. The first-order valence-corrected chi connectivity index (χ1v) is 12.5. The molecule has 0 spiro atoms. The Labute approximate surface area is 193 Å². The zero-order valence-corrected chi connectivity index (χ0v) is 19.7. The summed E-state index contributed by atoms with van der Waals surface area (Å²) in [6, 6.07) is 6.99. The first kappa shape index (κ1) is 22.8. The molecule has 0 radical (unpaired) electrons. The number of sulfonamides is 1. The maximum absolute atomic E-state index is 12.9. The number of rotatable bonds is 6. The SMILES string of the molecule is Cc1noc(C)c1S(=O)(=O)N1CCN(C(=O)CSc2nnc(-c3ccc(Cl)cc3)o2)CC1. The molecule has 1 amide bonds. The fraction of sp³-hybridized carbons (Fsp3) is 0.368. The van der Waals surface area contributed by atoms with Crippen LogP contribution in [0.2, 0.25) is 5.02 Å². The highest BCUT2D eigenvalue weighted by molar-refractivity contribution is 7.99. The lowest BCUT2D eigenvalue weighted by atomic mass is 10.2. The first-order chi connectivity index (χ1) is 15.3. The molecule has 2 aromatic heterocycles. The minimum Gasteiger partial charge on any atom is -0.411 e. The van der Waals surface area contributed by atoms with E-state index in [1.54, 1.807) is 43.0 Å². The second-order valence-corrected chi connectivity index (χ2v) is 10.3. The van der Waals surface area contributed by atoms with E-state index in [4.69, 9.17) is 20.5 Å². The second-order valence-electron chi connectivity index (χ2n) is 7.11. The molecule has 4 rings (SSSR count). The van der Waals surface area contributed by atoms with Gasteiger partial charge < -0.3 is 13.8 Å². The standard InChI is InChI=1S/C19H20ClN5O5S2/c1-12-17(13(2)30-23-12)32(27,28)25-9-7-24(8-10-25)16(26)11-31-19-22-21-18(29-19)14-3-5-15(20)6-4-14/h3-6H,7-11H2,1-2H3. The summed E-state index contributed by atoms with van der Waals surface area (Å²) in [6.45, 7) is 4.15. The predicted molar refractivity (Wildman–Crippen MR) is 117 cm³/mol. The van der Waals surface area contributed by atoms with Crippen molar-refractivity contribution in [3.05, 3.63) is 40.7 Å². The zero-order valence-electron chi connectivity index (χ0n) is 17.3. The average molecular weight is 498 g/mol. The van der Waals surface area contributed by atoms with Crippen molar-refractivity contribution in [2.24, 2.45) is 0 Å². The van der Waals surface area contributed by atoms with Crippen molar-refractivity contribution in [3.8, 4) is 11.5 Å². The molecule has 32 heavy (non-hydrogen) atoms. The van der Waals surface area contributed by atoms with Gasteiger partial charge in [-0.2, -0.15) is 4.31 Å². The number of aryl methyl sites for hydroxylation is 2. The van der Waals surface area contributed by atoms with Crippen molar-refractivity contribution >= 4 is 39.3 Å². The van der Waals surface area contributed by atoms with E-state index in [1.165, 1.54) is 4.31 Å². The summed E-state index contributed by atoms with van der Waals surface area (Å²) in [4.78, 5) is 14.3. The third-order valence-electron chi connectivity index (χ3n) is 4.97. The fourth-order valence-corrected chi connectivity index (χ4v) is 5.85. The molecular formula is C19H20ClN5O5S2. The summed E-state index contributed by atoms with van der Waals surface area (Å²) >= 11 is 7.02. The number of hydrogen-bond donors (Lipinski definition) is 0. The summed E-state index contributed by atoms with van der Waals surface area (Å²) in [5, 5.41) is 12.6. The number of carbonyl (C=O) groups is 1. The van der Waals surface area contributed by atoms with Crippen LogP contribution in [0.4, 0.5) is 0 Å². The molecule has 0 atom stereocenters. The Bertz CT molecular complexity index is 1200. The lowest BCUT2D eigenvalue weighted by molar-refractivity contribution is -0.129. The molecule has 0 aliphatic carbocycles. The van der Waals surface area contributed by atoms with E-state index in [9.17, 15) is 13.2 Å². The van der Waals surface area contributed by atoms with Crippen LogP contribution in [0.1, 0.15) is 11.5 Å². The summed E-state index contributed by atoms with van der Waals surface area (Å²) < 4.78 is 37.7. The average Bonchev–Trinajstić information content (AvgIpc) is 3.39. The highest BCUT2D eigenvalue weighted by Crippen LogP contribution is 2.26. The third-order valence-corrected chi connectivity index (χ3v) is 8.17. The molecule has 1 aliphatic heterocycles. The Morgan fingerprint density at radius 3 is 2.44 bits per heavy atom. The van der Waals surface area contributed by atoms with Gasteiger partial charge in [-0.1, -0.05) is 28.5 Å². The molecule has 170 valence electrons. The van der Waals surface area contributed by atoms with Gasteiger partial charge in [0.25, 0.3) is 5.22 Å². The van der Waals surface area contributed by atoms with Crippen molar-refractivity contribution < 1.29 is 22.2 Å². The Morgan fingerprint density at radius 1 is 1.12 bits per heavy atom. The Morgan fingerprint density at radius 2 is 1.81 bits per heavy atom. The molecule has 10 nitrogen and oxygen atoms in total. The molecule has 1 aliphatic rings. The van der Waals surface area contributed by atoms with Gasteiger partial charge in [0, 0.05) is 36.8 Å². The van der Waals surface area contributed by atoms with E-state index in [0.29, 0.717) is 29.7 Å². The van der Waals surface area contributed by atoms with E-state index in [-0.39, 0.29) is 40.6 Å². The van der Waals surface area contributed by atoms with Crippen molar-refractivity contribution in [3.63, 3.8) is 0 Å². The number of halogens is 1. The van der Waals surface area contributed by atoms with Crippen LogP contribution < -0.4 is 0 Å². The third kappa shape index (κ3) is 4.68. The molecule has 0 bridgehead atoms. The van der Waals surface area contributed by atoms with E-state index < -0.39 is 10.0 Å².